The molecule has 0 aliphatic carbocycles. The first-order valence-corrected chi connectivity index (χ1v) is 11.6. The van der Waals surface area contributed by atoms with Crippen molar-refractivity contribution in [3.05, 3.63) is 76.8 Å². The highest BCUT2D eigenvalue weighted by Gasteiger charge is 2.16. The van der Waals surface area contributed by atoms with Crippen molar-refractivity contribution in [1.29, 1.82) is 0 Å². The molecule has 0 aliphatic heterocycles. The zero-order valence-electron chi connectivity index (χ0n) is 19.0. The summed E-state index contributed by atoms with van der Waals surface area (Å²) in [4.78, 5) is 17.3. The van der Waals surface area contributed by atoms with Crippen molar-refractivity contribution in [2.75, 3.05) is 12.4 Å². The second-order valence-corrected chi connectivity index (χ2v) is 8.67. The Hall–Kier alpha value is -3.42. The van der Waals surface area contributed by atoms with Crippen LogP contribution < -0.4 is 15.4 Å². The molecule has 0 bridgehead atoms. The van der Waals surface area contributed by atoms with Crippen LogP contribution in [0.5, 0.6) is 5.75 Å². The van der Waals surface area contributed by atoms with E-state index < -0.39 is 5.91 Å². The summed E-state index contributed by atoms with van der Waals surface area (Å²) in [6.45, 7) is 4.35. The number of carbonyl (C=O) groups is 1. The quantitative estimate of drug-likeness (QED) is 0.288. The van der Waals surface area contributed by atoms with Crippen molar-refractivity contribution < 1.29 is 13.9 Å². The summed E-state index contributed by atoms with van der Waals surface area (Å²) in [5.74, 6) is 0.983. The third-order valence-corrected chi connectivity index (χ3v) is 6.17. The van der Waals surface area contributed by atoms with Gasteiger partial charge in [0.1, 0.15) is 11.3 Å². The van der Waals surface area contributed by atoms with Crippen LogP contribution in [0.25, 0.3) is 22.6 Å². The molecule has 1 heterocycles. The number of oxazole rings is 1. The number of anilines is 1. The maximum atomic E-state index is 12.6. The predicted molar refractivity (Wildman–Crippen MR) is 140 cm³/mol. The van der Waals surface area contributed by atoms with E-state index in [9.17, 15) is 4.79 Å². The molecule has 4 rings (SSSR count). The van der Waals surface area contributed by atoms with Gasteiger partial charge in [-0.2, -0.15) is 0 Å². The highest BCUT2D eigenvalue weighted by molar-refractivity contribution is 7.80. The second-order valence-electron chi connectivity index (χ2n) is 7.86. The molecule has 4 aromatic rings. The molecule has 1 amide bonds. The Balaban J connectivity index is 1.54. The first kappa shape index (κ1) is 23.7. The SMILES string of the molecule is CC[C@H](C)c1ccc2oc(-c3ccc(Cl)c(NC(=S)NC(=O)c4ccccc4OC)c3)nc2c1. The summed E-state index contributed by atoms with van der Waals surface area (Å²) in [6.07, 6.45) is 1.05. The lowest BCUT2D eigenvalue weighted by molar-refractivity contribution is 0.0975. The van der Waals surface area contributed by atoms with Crippen LogP contribution >= 0.6 is 23.8 Å². The van der Waals surface area contributed by atoms with E-state index in [1.165, 1.54) is 12.7 Å². The van der Waals surface area contributed by atoms with Crippen molar-refractivity contribution in [3.8, 4) is 17.2 Å². The molecule has 1 atom stereocenters. The molecule has 1 aromatic heterocycles. The van der Waals surface area contributed by atoms with Gasteiger partial charge in [0.25, 0.3) is 5.91 Å². The van der Waals surface area contributed by atoms with Gasteiger partial charge in [-0.05, 0) is 72.6 Å². The van der Waals surface area contributed by atoms with Crippen molar-refractivity contribution in [2.24, 2.45) is 0 Å². The first-order valence-electron chi connectivity index (χ1n) is 10.8. The van der Waals surface area contributed by atoms with Gasteiger partial charge >= 0.3 is 0 Å². The topological polar surface area (TPSA) is 76.4 Å². The summed E-state index contributed by atoms with van der Waals surface area (Å²) in [7, 11) is 1.51. The van der Waals surface area contributed by atoms with Crippen molar-refractivity contribution >= 4 is 51.6 Å². The monoisotopic (exact) mass is 493 g/mol. The summed E-state index contributed by atoms with van der Waals surface area (Å²) >= 11 is 11.7. The van der Waals surface area contributed by atoms with E-state index in [0.717, 1.165) is 17.5 Å². The number of halogens is 1. The minimum Gasteiger partial charge on any atom is -0.496 e. The van der Waals surface area contributed by atoms with E-state index >= 15 is 0 Å². The number of rotatable bonds is 6. The molecular formula is C26H24ClN3O3S. The van der Waals surface area contributed by atoms with Crippen molar-refractivity contribution in [3.63, 3.8) is 0 Å². The average molecular weight is 494 g/mol. The average Bonchev–Trinajstić information content (AvgIpc) is 3.28. The Morgan fingerprint density at radius 1 is 1.18 bits per heavy atom. The number of nitrogens with zero attached hydrogens (tertiary/aromatic N) is 1. The molecule has 0 unspecified atom stereocenters. The van der Waals surface area contributed by atoms with Gasteiger partial charge in [-0.3, -0.25) is 10.1 Å². The number of aromatic nitrogens is 1. The molecule has 0 saturated carbocycles. The lowest BCUT2D eigenvalue weighted by atomic mass is 9.98. The fourth-order valence-electron chi connectivity index (χ4n) is 3.52. The van der Waals surface area contributed by atoms with E-state index in [-0.39, 0.29) is 5.11 Å². The molecule has 3 aromatic carbocycles. The Kier molecular flexibility index (Phi) is 7.14. The zero-order valence-corrected chi connectivity index (χ0v) is 20.6. The van der Waals surface area contributed by atoms with E-state index in [1.54, 1.807) is 36.4 Å². The summed E-state index contributed by atoms with van der Waals surface area (Å²) in [6, 6.07) is 18.3. The minimum atomic E-state index is -0.390. The number of benzene rings is 3. The number of para-hydroxylation sites is 1. The summed E-state index contributed by atoms with van der Waals surface area (Å²) in [5, 5.41) is 6.17. The standard InChI is InChI=1S/C26H24ClN3O3S/c1-4-15(2)16-10-12-23-21(13-16)28-25(33-23)17-9-11-19(27)20(14-17)29-26(34)30-24(31)18-7-5-6-8-22(18)32-3/h5-15H,4H2,1-3H3,(H2,29,30,31,34)/t15-/m0/s1. The van der Waals surface area contributed by atoms with Gasteiger partial charge in [-0.1, -0.05) is 43.6 Å². The Labute approximate surface area is 208 Å². The summed E-state index contributed by atoms with van der Waals surface area (Å²) < 4.78 is 11.2. The number of methoxy groups -OCH3 is 1. The summed E-state index contributed by atoms with van der Waals surface area (Å²) in [5.41, 5.74) is 4.36. The van der Waals surface area contributed by atoms with Gasteiger partial charge in [0.2, 0.25) is 5.89 Å². The van der Waals surface area contributed by atoms with Crippen LogP contribution in [0.4, 0.5) is 5.69 Å². The van der Waals surface area contributed by atoms with Crippen LogP contribution in [0.3, 0.4) is 0 Å². The number of thiocarbonyl (C=S) groups is 1. The molecule has 0 radical (unpaired) electrons. The molecule has 34 heavy (non-hydrogen) atoms. The number of amides is 1. The minimum absolute atomic E-state index is 0.103. The maximum absolute atomic E-state index is 12.6. The molecule has 0 aliphatic rings. The van der Waals surface area contributed by atoms with Crippen LogP contribution in [-0.4, -0.2) is 23.1 Å². The van der Waals surface area contributed by atoms with E-state index in [1.807, 2.05) is 12.1 Å². The third-order valence-electron chi connectivity index (χ3n) is 5.63. The van der Waals surface area contributed by atoms with Gasteiger partial charge in [-0.25, -0.2) is 4.98 Å². The molecule has 0 fully saturated rings. The highest BCUT2D eigenvalue weighted by atomic mass is 35.5. The molecule has 8 heteroatoms. The number of ether oxygens (including phenoxy) is 1. The predicted octanol–water partition coefficient (Wildman–Crippen LogP) is 6.80. The third kappa shape index (κ3) is 5.05. The van der Waals surface area contributed by atoms with Gasteiger partial charge in [0, 0.05) is 5.56 Å². The van der Waals surface area contributed by atoms with E-state index in [4.69, 9.17) is 33.0 Å². The van der Waals surface area contributed by atoms with Crippen LogP contribution in [0.1, 0.15) is 42.1 Å². The van der Waals surface area contributed by atoms with Crippen LogP contribution in [0.15, 0.2) is 65.1 Å². The number of hydrogen-bond donors (Lipinski definition) is 2. The number of carbonyl (C=O) groups excluding carboxylic acids is 1. The Bertz CT molecular complexity index is 1370. The van der Waals surface area contributed by atoms with Crippen LogP contribution in [0.2, 0.25) is 5.02 Å². The van der Waals surface area contributed by atoms with Gasteiger partial charge in [0.15, 0.2) is 10.7 Å². The van der Waals surface area contributed by atoms with Crippen molar-refractivity contribution in [1.82, 2.24) is 10.3 Å². The van der Waals surface area contributed by atoms with Gasteiger partial charge in [0.05, 0.1) is 23.4 Å². The van der Waals surface area contributed by atoms with E-state index in [2.05, 4.69) is 41.6 Å². The molecular weight excluding hydrogens is 470 g/mol. The Morgan fingerprint density at radius 3 is 2.74 bits per heavy atom. The maximum Gasteiger partial charge on any atom is 0.261 e. The van der Waals surface area contributed by atoms with Crippen molar-refractivity contribution in [2.45, 2.75) is 26.2 Å². The molecule has 2 N–H and O–H groups in total. The Morgan fingerprint density at radius 2 is 1.97 bits per heavy atom. The highest BCUT2D eigenvalue weighted by Crippen LogP contribution is 2.32. The van der Waals surface area contributed by atoms with Gasteiger partial charge < -0.3 is 14.5 Å². The largest absolute Gasteiger partial charge is 0.496 e. The number of nitrogens with one attached hydrogen (secondary N) is 2. The van der Waals surface area contributed by atoms with Crippen LogP contribution in [-0.2, 0) is 0 Å². The normalized spacial score (nSPS) is 11.8. The van der Waals surface area contributed by atoms with Crippen LogP contribution in [0, 0.1) is 0 Å². The fourth-order valence-corrected chi connectivity index (χ4v) is 3.89. The molecule has 0 saturated heterocycles. The molecule has 0 spiro atoms. The zero-order chi connectivity index (χ0) is 24.2. The van der Waals surface area contributed by atoms with Gasteiger partial charge in [-0.15, -0.1) is 0 Å². The lowest BCUT2D eigenvalue weighted by Crippen LogP contribution is -2.34. The molecule has 6 nitrogen and oxygen atoms in total. The molecule has 174 valence electrons. The van der Waals surface area contributed by atoms with E-state index in [0.29, 0.717) is 39.4 Å². The number of fused-ring (bicyclic) bond motifs is 1. The number of hydrogen-bond acceptors (Lipinski definition) is 5. The first-order chi connectivity index (χ1) is 16.4. The second kappa shape index (κ2) is 10.2. The smallest absolute Gasteiger partial charge is 0.261 e. The fraction of sp³-hybridized carbons (Fsp3) is 0.192. The lowest BCUT2D eigenvalue weighted by Gasteiger charge is -2.13.